The van der Waals surface area contributed by atoms with Gasteiger partial charge in [0.05, 0.1) is 36.6 Å². The lowest BCUT2D eigenvalue weighted by atomic mass is 10.1. The van der Waals surface area contributed by atoms with Crippen molar-refractivity contribution in [2.75, 3.05) is 32.2 Å². The fourth-order valence-electron chi connectivity index (χ4n) is 3.83. The second-order valence-corrected chi connectivity index (χ2v) is 9.55. The lowest BCUT2D eigenvalue weighted by molar-refractivity contribution is 0.0469. The van der Waals surface area contributed by atoms with Gasteiger partial charge in [-0.25, -0.2) is 4.98 Å². The lowest BCUT2D eigenvalue weighted by Crippen LogP contribution is -2.42. The molecule has 4 rings (SSSR count). The summed E-state index contributed by atoms with van der Waals surface area (Å²) in [5.74, 6) is 0.156. The summed E-state index contributed by atoms with van der Waals surface area (Å²) in [6, 6.07) is 9.60. The van der Waals surface area contributed by atoms with Crippen LogP contribution < -0.4 is 14.4 Å². The first-order valence-corrected chi connectivity index (χ1v) is 12.4. The third-order valence-electron chi connectivity index (χ3n) is 5.58. The van der Waals surface area contributed by atoms with Crippen molar-refractivity contribution in [3.05, 3.63) is 63.1 Å². The number of halogens is 2. The second kappa shape index (κ2) is 10.8. The van der Waals surface area contributed by atoms with E-state index in [1.54, 1.807) is 34.5 Å². The highest BCUT2D eigenvalue weighted by Gasteiger charge is 2.29. The molecule has 2 amide bonds. The van der Waals surface area contributed by atoms with E-state index in [-0.39, 0.29) is 33.9 Å². The molecule has 2 heterocycles. The smallest absolute Gasteiger partial charge is 0.273 e. The van der Waals surface area contributed by atoms with Crippen LogP contribution in [0.15, 0.2) is 41.8 Å². The number of amides is 2. The van der Waals surface area contributed by atoms with Crippen LogP contribution >= 0.6 is 34.5 Å². The second-order valence-electron chi connectivity index (χ2n) is 7.87. The number of nitrogens with zero attached hydrogens (tertiary/aromatic N) is 3. The molecular formula is C24H23Cl2N3O5S. The number of methoxy groups -OCH3 is 2. The van der Waals surface area contributed by atoms with Crippen LogP contribution in [0.3, 0.4) is 0 Å². The van der Waals surface area contributed by atoms with Gasteiger partial charge in [-0.3, -0.25) is 14.5 Å². The Kier molecular flexibility index (Phi) is 7.81. The Morgan fingerprint density at radius 2 is 1.91 bits per heavy atom. The fraction of sp³-hybridized carbons (Fsp3) is 0.292. The number of likely N-dealkylation sites (tertiary alicyclic amines) is 1. The first-order chi connectivity index (χ1) is 16.8. The van der Waals surface area contributed by atoms with Gasteiger partial charge in [-0.2, -0.15) is 0 Å². The van der Waals surface area contributed by atoms with Gasteiger partial charge in [-0.1, -0.05) is 23.2 Å². The van der Waals surface area contributed by atoms with Crippen molar-refractivity contribution in [1.29, 1.82) is 0 Å². The normalized spacial score (nSPS) is 15.6. The lowest BCUT2D eigenvalue weighted by Gasteiger charge is -2.29. The molecule has 0 bridgehead atoms. The Morgan fingerprint density at radius 1 is 1.14 bits per heavy atom. The standard InChI is InChI=1S/C24H23Cl2N3O5S/c1-33-20-8-6-15(11-21(20)34-2)29(22(31)17-7-5-14(25)10-18(17)26)24-27-19(13-35-24)23(32)28-9-3-4-16(30)12-28/h5-8,10-11,13,16,30H,3-4,9,12H2,1-2H3. The molecule has 1 N–H and O–H groups in total. The molecule has 1 unspecified atom stereocenters. The summed E-state index contributed by atoms with van der Waals surface area (Å²) in [5, 5.41) is 12.4. The topological polar surface area (TPSA) is 92.2 Å². The van der Waals surface area contributed by atoms with Crippen molar-refractivity contribution in [1.82, 2.24) is 9.88 Å². The van der Waals surface area contributed by atoms with Crippen molar-refractivity contribution >= 4 is 57.2 Å². The van der Waals surface area contributed by atoms with Crippen LogP contribution in [0.1, 0.15) is 33.7 Å². The zero-order chi connectivity index (χ0) is 25.1. The van der Waals surface area contributed by atoms with E-state index in [4.69, 9.17) is 32.7 Å². The molecule has 1 atom stereocenters. The number of aromatic nitrogens is 1. The number of anilines is 2. The molecule has 1 aliphatic heterocycles. The van der Waals surface area contributed by atoms with E-state index < -0.39 is 12.0 Å². The summed E-state index contributed by atoms with van der Waals surface area (Å²) in [5.41, 5.74) is 0.855. The molecule has 1 aliphatic rings. The van der Waals surface area contributed by atoms with Crippen molar-refractivity contribution in [2.24, 2.45) is 0 Å². The summed E-state index contributed by atoms with van der Waals surface area (Å²) in [7, 11) is 3.02. The Morgan fingerprint density at radius 3 is 2.60 bits per heavy atom. The van der Waals surface area contributed by atoms with Crippen LogP contribution in [0.5, 0.6) is 11.5 Å². The number of β-amino-alcohol motifs (C(OH)–C–C–N with tert-alkyl or cyclic N) is 1. The number of thiazole rings is 1. The molecule has 1 fully saturated rings. The van der Waals surface area contributed by atoms with Gasteiger partial charge in [0.25, 0.3) is 11.8 Å². The molecule has 0 aliphatic carbocycles. The molecule has 0 radical (unpaired) electrons. The fourth-order valence-corrected chi connectivity index (χ4v) is 5.13. The minimum atomic E-state index is -0.553. The number of hydrogen-bond donors (Lipinski definition) is 1. The van der Waals surface area contributed by atoms with Gasteiger partial charge in [0.15, 0.2) is 16.6 Å². The number of aliphatic hydroxyl groups is 1. The molecular weight excluding hydrogens is 513 g/mol. The SMILES string of the molecule is COc1ccc(N(C(=O)c2ccc(Cl)cc2Cl)c2nc(C(=O)N3CCCC(O)C3)cs2)cc1OC. The van der Waals surface area contributed by atoms with E-state index in [2.05, 4.69) is 4.98 Å². The van der Waals surface area contributed by atoms with E-state index >= 15 is 0 Å². The number of ether oxygens (including phenoxy) is 2. The van der Waals surface area contributed by atoms with Crippen LogP contribution in [0.2, 0.25) is 10.0 Å². The quantitative estimate of drug-likeness (QED) is 0.475. The maximum atomic E-state index is 13.7. The third-order valence-corrected chi connectivity index (χ3v) is 6.95. The van der Waals surface area contributed by atoms with Gasteiger partial charge in [-0.15, -0.1) is 11.3 Å². The van der Waals surface area contributed by atoms with E-state index in [0.717, 1.165) is 17.8 Å². The van der Waals surface area contributed by atoms with Gasteiger partial charge in [0.1, 0.15) is 5.69 Å². The van der Waals surface area contributed by atoms with Gasteiger partial charge in [0, 0.05) is 29.6 Å². The maximum Gasteiger partial charge on any atom is 0.273 e. The molecule has 35 heavy (non-hydrogen) atoms. The highest BCUT2D eigenvalue weighted by molar-refractivity contribution is 7.14. The average molecular weight is 536 g/mol. The van der Waals surface area contributed by atoms with Crippen LogP contribution in [-0.4, -0.2) is 60.2 Å². The number of benzene rings is 2. The number of piperidine rings is 1. The number of hydrogen-bond acceptors (Lipinski definition) is 7. The Labute approximate surface area is 216 Å². The number of rotatable bonds is 6. The van der Waals surface area contributed by atoms with E-state index in [9.17, 15) is 14.7 Å². The number of carbonyl (C=O) groups excluding carboxylic acids is 2. The summed E-state index contributed by atoms with van der Waals surface area (Å²) in [6.45, 7) is 0.797. The molecule has 8 nitrogen and oxygen atoms in total. The van der Waals surface area contributed by atoms with E-state index in [0.29, 0.717) is 35.2 Å². The summed E-state index contributed by atoms with van der Waals surface area (Å²) < 4.78 is 10.7. The first-order valence-electron chi connectivity index (χ1n) is 10.8. The van der Waals surface area contributed by atoms with Crippen molar-refractivity contribution < 1.29 is 24.2 Å². The van der Waals surface area contributed by atoms with Gasteiger partial charge in [0.2, 0.25) is 0 Å². The van der Waals surface area contributed by atoms with E-state index in [1.165, 1.54) is 31.3 Å². The molecule has 2 aromatic carbocycles. The highest BCUT2D eigenvalue weighted by Crippen LogP contribution is 2.37. The zero-order valence-electron chi connectivity index (χ0n) is 19.0. The van der Waals surface area contributed by atoms with Crippen molar-refractivity contribution in [3.63, 3.8) is 0 Å². The molecule has 0 saturated carbocycles. The Balaban J connectivity index is 1.75. The highest BCUT2D eigenvalue weighted by atomic mass is 35.5. The third kappa shape index (κ3) is 5.38. The van der Waals surface area contributed by atoms with Crippen LogP contribution in [0, 0.1) is 0 Å². The van der Waals surface area contributed by atoms with Crippen LogP contribution in [0.25, 0.3) is 0 Å². The predicted molar refractivity (Wildman–Crippen MR) is 136 cm³/mol. The van der Waals surface area contributed by atoms with Gasteiger partial charge < -0.3 is 19.5 Å². The van der Waals surface area contributed by atoms with Crippen LogP contribution in [0.4, 0.5) is 10.8 Å². The largest absolute Gasteiger partial charge is 0.493 e. The molecule has 1 aromatic heterocycles. The minimum absolute atomic E-state index is 0.183. The maximum absolute atomic E-state index is 13.7. The minimum Gasteiger partial charge on any atom is -0.493 e. The van der Waals surface area contributed by atoms with Gasteiger partial charge in [-0.05, 0) is 43.2 Å². The van der Waals surface area contributed by atoms with Crippen molar-refractivity contribution in [3.8, 4) is 11.5 Å². The van der Waals surface area contributed by atoms with Gasteiger partial charge >= 0.3 is 0 Å². The summed E-state index contributed by atoms with van der Waals surface area (Å²) in [4.78, 5) is 34.2. The van der Waals surface area contributed by atoms with Crippen molar-refractivity contribution in [2.45, 2.75) is 18.9 Å². The average Bonchev–Trinajstić information content (AvgIpc) is 3.33. The molecule has 11 heteroatoms. The first kappa shape index (κ1) is 25.2. The summed E-state index contributed by atoms with van der Waals surface area (Å²) >= 11 is 13.5. The number of carbonyl (C=O) groups is 2. The van der Waals surface area contributed by atoms with Crippen LogP contribution in [-0.2, 0) is 0 Å². The molecule has 0 spiro atoms. The Hall–Kier alpha value is -2.85. The molecule has 3 aromatic rings. The Bertz CT molecular complexity index is 1250. The zero-order valence-corrected chi connectivity index (χ0v) is 21.4. The molecule has 184 valence electrons. The monoisotopic (exact) mass is 535 g/mol. The molecule has 1 saturated heterocycles. The van der Waals surface area contributed by atoms with E-state index in [1.807, 2.05) is 0 Å². The summed E-state index contributed by atoms with van der Waals surface area (Å²) in [6.07, 6.45) is 0.827. The number of aliphatic hydroxyl groups excluding tert-OH is 1. The predicted octanol–water partition coefficient (Wildman–Crippen LogP) is 5.04.